The van der Waals surface area contributed by atoms with E-state index in [4.69, 9.17) is 4.74 Å². The second kappa shape index (κ2) is 7.32. The Morgan fingerprint density at radius 2 is 2.06 bits per heavy atom. The summed E-state index contributed by atoms with van der Waals surface area (Å²) < 4.78 is 40.2. The minimum Gasteiger partial charge on any atom is -0.383 e. The van der Waals surface area contributed by atoms with Gasteiger partial charge in [0, 0.05) is 7.11 Å². The molecule has 0 aromatic rings. The average Bonchev–Trinajstić information content (AvgIpc) is 2.14. The highest BCUT2D eigenvalue weighted by atomic mass is 19.4. The van der Waals surface area contributed by atoms with E-state index in [-0.39, 0.29) is 12.6 Å². The Morgan fingerprint density at radius 1 is 1.44 bits per heavy atom. The third kappa shape index (κ3) is 8.34. The summed E-state index contributed by atoms with van der Waals surface area (Å²) in [4.78, 5) is 11.1. The summed E-state index contributed by atoms with van der Waals surface area (Å²) in [7, 11) is 1.47. The maximum absolute atomic E-state index is 11.8. The largest absolute Gasteiger partial charge is 0.405 e. The van der Waals surface area contributed by atoms with Crippen LogP contribution in [0, 0.1) is 0 Å². The van der Waals surface area contributed by atoms with E-state index in [9.17, 15) is 18.0 Å². The number of methoxy groups -OCH3 is 1. The van der Waals surface area contributed by atoms with Gasteiger partial charge in [-0.3, -0.25) is 0 Å². The molecule has 2 amide bonds. The zero-order valence-electron chi connectivity index (χ0n) is 9.36. The van der Waals surface area contributed by atoms with E-state index in [0.717, 1.165) is 6.42 Å². The second-order valence-electron chi connectivity index (χ2n) is 3.38. The van der Waals surface area contributed by atoms with Crippen molar-refractivity contribution in [2.75, 3.05) is 20.3 Å². The predicted molar refractivity (Wildman–Crippen MR) is 53.2 cm³/mol. The van der Waals surface area contributed by atoms with Crippen LogP contribution in [0.2, 0.25) is 0 Å². The molecule has 0 saturated heterocycles. The molecule has 1 atom stereocenters. The number of hydrogen-bond donors (Lipinski definition) is 2. The number of nitrogens with one attached hydrogen (secondary N) is 2. The van der Waals surface area contributed by atoms with Gasteiger partial charge in [-0.25, -0.2) is 4.79 Å². The van der Waals surface area contributed by atoms with Crippen LogP contribution < -0.4 is 10.6 Å². The van der Waals surface area contributed by atoms with E-state index in [1.165, 1.54) is 7.11 Å². The standard InChI is InChI=1S/C9H17F3N2O2/c1-3-4-7(5-16-2)14-8(15)13-6-9(10,11)12/h7H,3-6H2,1-2H3,(H2,13,14,15). The molecular formula is C9H17F3N2O2. The van der Waals surface area contributed by atoms with Crippen LogP contribution >= 0.6 is 0 Å². The quantitative estimate of drug-likeness (QED) is 0.744. The van der Waals surface area contributed by atoms with Crippen LogP contribution in [0.4, 0.5) is 18.0 Å². The molecule has 96 valence electrons. The van der Waals surface area contributed by atoms with Crippen molar-refractivity contribution in [1.29, 1.82) is 0 Å². The van der Waals surface area contributed by atoms with Gasteiger partial charge in [0.15, 0.2) is 0 Å². The predicted octanol–water partition coefficient (Wildman–Crippen LogP) is 1.66. The number of carbonyl (C=O) groups excluding carboxylic acids is 1. The van der Waals surface area contributed by atoms with Crippen molar-refractivity contribution in [3.63, 3.8) is 0 Å². The molecule has 0 bridgehead atoms. The summed E-state index contributed by atoms with van der Waals surface area (Å²) >= 11 is 0. The molecule has 2 N–H and O–H groups in total. The van der Waals surface area contributed by atoms with Gasteiger partial charge >= 0.3 is 12.2 Å². The number of alkyl halides is 3. The lowest BCUT2D eigenvalue weighted by Gasteiger charge is -2.18. The Balaban J connectivity index is 3.90. The average molecular weight is 242 g/mol. The molecule has 0 heterocycles. The zero-order chi connectivity index (χ0) is 12.6. The van der Waals surface area contributed by atoms with Crippen LogP contribution in [0.1, 0.15) is 19.8 Å². The lowest BCUT2D eigenvalue weighted by Crippen LogP contribution is -2.46. The van der Waals surface area contributed by atoms with Crippen molar-refractivity contribution in [2.45, 2.75) is 32.0 Å². The number of amides is 2. The van der Waals surface area contributed by atoms with E-state index in [1.54, 1.807) is 5.32 Å². The van der Waals surface area contributed by atoms with Crippen molar-refractivity contribution >= 4 is 6.03 Å². The molecule has 0 fully saturated rings. The lowest BCUT2D eigenvalue weighted by atomic mass is 10.2. The molecule has 0 spiro atoms. The monoisotopic (exact) mass is 242 g/mol. The fourth-order valence-corrected chi connectivity index (χ4v) is 1.16. The smallest absolute Gasteiger partial charge is 0.383 e. The first-order valence-electron chi connectivity index (χ1n) is 4.99. The molecule has 0 aromatic heterocycles. The summed E-state index contributed by atoms with van der Waals surface area (Å²) in [5.74, 6) is 0. The maximum atomic E-state index is 11.8. The molecule has 1 unspecified atom stereocenters. The van der Waals surface area contributed by atoms with Crippen molar-refractivity contribution in [2.24, 2.45) is 0 Å². The van der Waals surface area contributed by atoms with Crippen LogP contribution in [0.15, 0.2) is 0 Å². The van der Waals surface area contributed by atoms with Gasteiger partial charge in [-0.1, -0.05) is 13.3 Å². The van der Waals surface area contributed by atoms with Crippen molar-refractivity contribution < 1.29 is 22.7 Å². The highest BCUT2D eigenvalue weighted by Crippen LogP contribution is 2.11. The maximum Gasteiger partial charge on any atom is 0.405 e. The first kappa shape index (κ1) is 15.0. The van der Waals surface area contributed by atoms with Crippen LogP contribution in [-0.4, -0.2) is 38.5 Å². The van der Waals surface area contributed by atoms with Gasteiger partial charge in [0.05, 0.1) is 12.6 Å². The fourth-order valence-electron chi connectivity index (χ4n) is 1.16. The molecule has 4 nitrogen and oxygen atoms in total. The van der Waals surface area contributed by atoms with Crippen LogP contribution in [0.25, 0.3) is 0 Å². The SMILES string of the molecule is CCCC(COC)NC(=O)NCC(F)(F)F. The Bertz CT molecular complexity index is 203. The molecule has 0 aliphatic carbocycles. The molecule has 16 heavy (non-hydrogen) atoms. The third-order valence-electron chi connectivity index (χ3n) is 1.79. The highest BCUT2D eigenvalue weighted by Gasteiger charge is 2.27. The van der Waals surface area contributed by atoms with Gasteiger partial charge in [0.2, 0.25) is 0 Å². The summed E-state index contributed by atoms with van der Waals surface area (Å²) in [6.45, 7) is 0.871. The number of ether oxygens (including phenoxy) is 1. The molecule has 7 heteroatoms. The van der Waals surface area contributed by atoms with Crippen LogP contribution in [0.5, 0.6) is 0 Å². The normalized spacial score (nSPS) is 13.3. The first-order chi connectivity index (χ1) is 7.39. The molecule has 0 aromatic carbocycles. The molecule has 0 saturated carbocycles. The number of halogens is 3. The molecule has 0 aliphatic rings. The van der Waals surface area contributed by atoms with E-state index >= 15 is 0 Å². The van der Waals surface area contributed by atoms with Gasteiger partial charge in [0.25, 0.3) is 0 Å². The Morgan fingerprint density at radius 3 is 2.50 bits per heavy atom. The second-order valence-corrected chi connectivity index (χ2v) is 3.38. The Kier molecular flexibility index (Phi) is 6.87. The van der Waals surface area contributed by atoms with E-state index < -0.39 is 18.8 Å². The Labute approximate surface area is 92.5 Å². The number of urea groups is 1. The molecule has 0 aliphatic heterocycles. The minimum absolute atomic E-state index is 0.261. The van der Waals surface area contributed by atoms with E-state index in [1.807, 2.05) is 6.92 Å². The number of carbonyl (C=O) groups is 1. The lowest BCUT2D eigenvalue weighted by molar-refractivity contribution is -0.122. The summed E-state index contributed by atoms with van der Waals surface area (Å²) in [6.07, 6.45) is -2.92. The van der Waals surface area contributed by atoms with Crippen LogP contribution in [-0.2, 0) is 4.74 Å². The van der Waals surface area contributed by atoms with Crippen molar-refractivity contribution in [1.82, 2.24) is 10.6 Å². The van der Waals surface area contributed by atoms with Gasteiger partial charge in [-0.2, -0.15) is 13.2 Å². The first-order valence-corrected chi connectivity index (χ1v) is 4.99. The van der Waals surface area contributed by atoms with Crippen molar-refractivity contribution in [3.8, 4) is 0 Å². The topological polar surface area (TPSA) is 50.4 Å². The highest BCUT2D eigenvalue weighted by molar-refractivity contribution is 5.74. The zero-order valence-corrected chi connectivity index (χ0v) is 9.36. The summed E-state index contributed by atoms with van der Waals surface area (Å²) in [5.41, 5.74) is 0. The van der Waals surface area contributed by atoms with Gasteiger partial charge < -0.3 is 15.4 Å². The third-order valence-corrected chi connectivity index (χ3v) is 1.79. The summed E-state index contributed by atoms with van der Waals surface area (Å²) in [5, 5.41) is 4.16. The van der Waals surface area contributed by atoms with Crippen LogP contribution in [0.3, 0.4) is 0 Å². The minimum atomic E-state index is -4.39. The van der Waals surface area contributed by atoms with Gasteiger partial charge in [-0.05, 0) is 6.42 Å². The van der Waals surface area contributed by atoms with Crippen molar-refractivity contribution in [3.05, 3.63) is 0 Å². The van der Waals surface area contributed by atoms with E-state index in [2.05, 4.69) is 5.32 Å². The molecular weight excluding hydrogens is 225 g/mol. The van der Waals surface area contributed by atoms with Gasteiger partial charge in [-0.15, -0.1) is 0 Å². The fraction of sp³-hybridized carbons (Fsp3) is 0.889. The summed E-state index contributed by atoms with van der Waals surface area (Å²) in [6, 6.07) is -1.09. The number of rotatable bonds is 6. The van der Waals surface area contributed by atoms with Gasteiger partial charge in [0.1, 0.15) is 6.54 Å². The van der Waals surface area contributed by atoms with E-state index in [0.29, 0.717) is 6.42 Å². The Hall–Kier alpha value is -0.980. The number of hydrogen-bond acceptors (Lipinski definition) is 2. The molecule has 0 rings (SSSR count). The molecule has 0 radical (unpaired) electrons.